The topological polar surface area (TPSA) is 112 Å². The van der Waals surface area contributed by atoms with Crippen molar-refractivity contribution in [2.75, 3.05) is 32.6 Å². The Kier molecular flexibility index (Phi) is 8.21. The van der Waals surface area contributed by atoms with Crippen molar-refractivity contribution in [2.24, 2.45) is 0 Å². The van der Waals surface area contributed by atoms with E-state index in [9.17, 15) is 23.2 Å². The second-order valence-corrected chi connectivity index (χ2v) is 9.16. The molecule has 4 rings (SSSR count). The van der Waals surface area contributed by atoms with Crippen molar-refractivity contribution in [1.82, 2.24) is 20.2 Å². The summed E-state index contributed by atoms with van der Waals surface area (Å²) in [5, 5.41) is 15.3. The highest BCUT2D eigenvalue weighted by atomic mass is 19.4. The first-order chi connectivity index (χ1) is 18.6. The largest absolute Gasteiger partial charge is 0.495 e. The maximum atomic E-state index is 13.7. The summed E-state index contributed by atoms with van der Waals surface area (Å²) in [6, 6.07) is 11.3. The summed E-state index contributed by atoms with van der Waals surface area (Å²) in [4.78, 5) is 22.7. The molecule has 0 atom stereocenters. The third-order valence-electron chi connectivity index (χ3n) is 6.38. The van der Waals surface area contributed by atoms with Gasteiger partial charge in [-0.1, -0.05) is 12.1 Å². The monoisotopic (exact) mass is 540 g/mol. The molecule has 1 aliphatic rings. The van der Waals surface area contributed by atoms with Crippen LogP contribution in [-0.2, 0) is 6.18 Å². The van der Waals surface area contributed by atoms with E-state index in [-0.39, 0.29) is 35.0 Å². The highest BCUT2D eigenvalue weighted by molar-refractivity contribution is 5.95. The number of ether oxygens (including phenoxy) is 2. The first-order valence-corrected chi connectivity index (χ1v) is 12.1. The summed E-state index contributed by atoms with van der Waals surface area (Å²) in [7, 11) is 3.44. The third kappa shape index (κ3) is 6.56. The fraction of sp³-hybridized carbons (Fsp3) is 0.333. The number of likely N-dealkylation sites (tertiary alicyclic amines) is 1. The first kappa shape index (κ1) is 27.7. The molecule has 1 aliphatic heterocycles. The predicted molar refractivity (Wildman–Crippen MR) is 137 cm³/mol. The van der Waals surface area contributed by atoms with Crippen LogP contribution in [0.15, 0.2) is 42.6 Å². The molecule has 12 heteroatoms. The van der Waals surface area contributed by atoms with E-state index < -0.39 is 17.6 Å². The molecule has 2 N–H and O–H groups in total. The summed E-state index contributed by atoms with van der Waals surface area (Å²) in [6.45, 7) is 3.45. The van der Waals surface area contributed by atoms with Gasteiger partial charge in [0.1, 0.15) is 23.1 Å². The number of carbonyl (C=O) groups excluding carboxylic acids is 1. The van der Waals surface area contributed by atoms with Crippen molar-refractivity contribution < 1.29 is 27.4 Å². The van der Waals surface area contributed by atoms with Crippen LogP contribution in [0.2, 0.25) is 0 Å². The number of benzene rings is 2. The standard InChI is InChI=1S/C27H27F3N6O3/c1-16-5-4-6-22(19(16)14-31)39-25-20(27(28,29)30)15-32-26(35-25)34-21-8-7-17(13-23(21)38-3)24(37)33-18-9-11-36(2)12-10-18/h4-8,13,15,18H,9-12H2,1-3H3,(H,33,37)(H,32,34,35). The fourth-order valence-corrected chi connectivity index (χ4v) is 4.15. The predicted octanol–water partition coefficient (Wildman–Crippen LogP) is 5.04. The van der Waals surface area contributed by atoms with Gasteiger partial charge in [-0.15, -0.1) is 0 Å². The van der Waals surface area contributed by atoms with Crippen LogP contribution in [0.1, 0.15) is 39.9 Å². The van der Waals surface area contributed by atoms with Gasteiger partial charge < -0.3 is 25.0 Å². The second-order valence-electron chi connectivity index (χ2n) is 9.16. The number of hydrogen-bond donors (Lipinski definition) is 2. The van der Waals surface area contributed by atoms with E-state index in [1.807, 2.05) is 13.1 Å². The van der Waals surface area contributed by atoms with E-state index in [1.54, 1.807) is 31.2 Å². The van der Waals surface area contributed by atoms with Crippen LogP contribution in [0.3, 0.4) is 0 Å². The third-order valence-corrected chi connectivity index (χ3v) is 6.38. The molecule has 1 aromatic heterocycles. The molecule has 2 aromatic carbocycles. The van der Waals surface area contributed by atoms with Crippen molar-refractivity contribution >= 4 is 17.5 Å². The van der Waals surface area contributed by atoms with Gasteiger partial charge in [0.05, 0.1) is 18.4 Å². The lowest BCUT2D eigenvalue weighted by Gasteiger charge is -2.29. The Morgan fingerprint density at radius 1 is 1.18 bits per heavy atom. The molecular weight excluding hydrogens is 513 g/mol. The lowest BCUT2D eigenvalue weighted by molar-refractivity contribution is -0.139. The number of aryl methyl sites for hydroxylation is 1. The van der Waals surface area contributed by atoms with Crippen LogP contribution < -0.4 is 20.1 Å². The number of nitrogens with zero attached hydrogens (tertiary/aromatic N) is 4. The van der Waals surface area contributed by atoms with Gasteiger partial charge in [0.15, 0.2) is 0 Å². The number of piperidine rings is 1. The number of aromatic nitrogens is 2. The zero-order valence-corrected chi connectivity index (χ0v) is 21.6. The minimum absolute atomic E-state index is 0.0646. The zero-order chi connectivity index (χ0) is 28.2. The van der Waals surface area contributed by atoms with Crippen LogP contribution in [0.5, 0.6) is 17.4 Å². The Balaban J connectivity index is 1.58. The Bertz CT molecular complexity index is 1400. The Morgan fingerprint density at radius 2 is 1.92 bits per heavy atom. The number of carbonyl (C=O) groups is 1. The van der Waals surface area contributed by atoms with E-state index >= 15 is 0 Å². The molecule has 0 unspecified atom stereocenters. The highest BCUT2D eigenvalue weighted by Crippen LogP contribution is 2.38. The summed E-state index contributed by atoms with van der Waals surface area (Å²) < 4.78 is 52.0. The van der Waals surface area contributed by atoms with Gasteiger partial charge in [-0.25, -0.2) is 4.98 Å². The number of rotatable bonds is 7. The molecule has 9 nitrogen and oxygen atoms in total. The van der Waals surface area contributed by atoms with Crippen molar-refractivity contribution in [2.45, 2.75) is 32.0 Å². The summed E-state index contributed by atoms with van der Waals surface area (Å²) in [5.41, 5.74) is 0.131. The quantitative estimate of drug-likeness (QED) is 0.429. The van der Waals surface area contributed by atoms with Gasteiger partial charge in [-0.05, 0) is 69.7 Å². The van der Waals surface area contributed by atoms with Crippen molar-refractivity contribution in [3.8, 4) is 23.4 Å². The maximum absolute atomic E-state index is 13.7. The number of nitriles is 1. The molecule has 1 saturated heterocycles. The van der Waals surface area contributed by atoms with Gasteiger partial charge in [0, 0.05) is 17.8 Å². The molecular formula is C27H27F3N6O3. The summed E-state index contributed by atoms with van der Waals surface area (Å²) in [6.07, 6.45) is -2.49. The molecule has 39 heavy (non-hydrogen) atoms. The SMILES string of the molecule is COc1cc(C(=O)NC2CCN(C)CC2)ccc1Nc1ncc(C(F)(F)F)c(Oc2cccc(C)c2C#N)n1. The lowest BCUT2D eigenvalue weighted by atomic mass is 10.0. The van der Waals surface area contributed by atoms with E-state index in [2.05, 4.69) is 25.5 Å². The first-order valence-electron chi connectivity index (χ1n) is 12.1. The lowest BCUT2D eigenvalue weighted by Crippen LogP contribution is -2.43. The van der Waals surface area contributed by atoms with E-state index in [0.717, 1.165) is 25.9 Å². The van der Waals surface area contributed by atoms with E-state index in [0.29, 0.717) is 23.0 Å². The molecule has 1 fully saturated rings. The smallest absolute Gasteiger partial charge is 0.423 e. The average Bonchev–Trinajstić information content (AvgIpc) is 2.90. The number of halogens is 3. The molecule has 2 heterocycles. The normalized spacial score (nSPS) is 14.4. The number of anilines is 2. The molecule has 204 valence electrons. The molecule has 3 aromatic rings. The minimum atomic E-state index is -4.80. The number of hydrogen-bond acceptors (Lipinski definition) is 8. The van der Waals surface area contributed by atoms with Crippen LogP contribution in [0, 0.1) is 18.3 Å². The van der Waals surface area contributed by atoms with Gasteiger partial charge in [0.2, 0.25) is 11.8 Å². The Labute approximate surface area is 223 Å². The molecule has 0 radical (unpaired) electrons. The van der Waals surface area contributed by atoms with Crippen LogP contribution in [-0.4, -0.2) is 54.1 Å². The number of amides is 1. The number of nitrogens with one attached hydrogen (secondary N) is 2. The Morgan fingerprint density at radius 3 is 2.59 bits per heavy atom. The molecule has 0 saturated carbocycles. The van der Waals surface area contributed by atoms with Crippen LogP contribution >= 0.6 is 0 Å². The van der Waals surface area contributed by atoms with E-state index in [4.69, 9.17) is 9.47 Å². The van der Waals surface area contributed by atoms with Crippen LogP contribution in [0.25, 0.3) is 0 Å². The van der Waals surface area contributed by atoms with Gasteiger partial charge in [0.25, 0.3) is 5.91 Å². The van der Waals surface area contributed by atoms with Gasteiger partial charge >= 0.3 is 6.18 Å². The summed E-state index contributed by atoms with van der Waals surface area (Å²) in [5.74, 6) is -1.02. The maximum Gasteiger partial charge on any atom is 0.423 e. The second kappa shape index (κ2) is 11.6. The summed E-state index contributed by atoms with van der Waals surface area (Å²) >= 11 is 0. The molecule has 0 bridgehead atoms. The zero-order valence-electron chi connectivity index (χ0n) is 21.6. The minimum Gasteiger partial charge on any atom is -0.495 e. The number of alkyl halides is 3. The van der Waals surface area contributed by atoms with Gasteiger partial charge in [-0.3, -0.25) is 4.79 Å². The van der Waals surface area contributed by atoms with Crippen LogP contribution in [0.4, 0.5) is 24.8 Å². The highest BCUT2D eigenvalue weighted by Gasteiger charge is 2.37. The Hall–Kier alpha value is -4.37. The van der Waals surface area contributed by atoms with Crippen molar-refractivity contribution in [1.29, 1.82) is 5.26 Å². The van der Waals surface area contributed by atoms with Gasteiger partial charge in [-0.2, -0.15) is 23.4 Å². The van der Waals surface area contributed by atoms with E-state index in [1.165, 1.54) is 19.2 Å². The van der Waals surface area contributed by atoms with Crippen molar-refractivity contribution in [3.05, 3.63) is 64.8 Å². The van der Waals surface area contributed by atoms with Crippen molar-refractivity contribution in [3.63, 3.8) is 0 Å². The molecule has 0 spiro atoms. The average molecular weight is 541 g/mol. The fourth-order valence-electron chi connectivity index (χ4n) is 4.15. The molecule has 1 amide bonds. The molecule has 0 aliphatic carbocycles. The number of methoxy groups -OCH3 is 1.